The summed E-state index contributed by atoms with van der Waals surface area (Å²) in [4.78, 5) is 4.41. The minimum absolute atomic E-state index is 0.281. The lowest BCUT2D eigenvalue weighted by molar-refractivity contribution is 0.123. The number of rotatable bonds is 5. The molecule has 18 heavy (non-hydrogen) atoms. The molecule has 96 valence electrons. The molecule has 0 amide bonds. The standard InChI is InChI=1S/C15H20N2O/c1-11(2)14(18)10-16-9-13-6-3-5-12-7-4-8-17-15(12)13/h3-8,11,14,16,18H,9-10H2,1-2H3. The van der Waals surface area contributed by atoms with Gasteiger partial charge in [0.2, 0.25) is 0 Å². The van der Waals surface area contributed by atoms with Crippen LogP contribution in [0.15, 0.2) is 36.5 Å². The van der Waals surface area contributed by atoms with Gasteiger partial charge in [0.25, 0.3) is 0 Å². The third-order valence-electron chi connectivity index (χ3n) is 3.15. The Kier molecular flexibility index (Phi) is 4.28. The lowest BCUT2D eigenvalue weighted by Crippen LogP contribution is -2.30. The van der Waals surface area contributed by atoms with Crippen molar-refractivity contribution < 1.29 is 5.11 Å². The molecule has 1 unspecified atom stereocenters. The molecule has 0 fully saturated rings. The van der Waals surface area contributed by atoms with Crippen molar-refractivity contribution in [1.29, 1.82) is 0 Å². The predicted molar refractivity (Wildman–Crippen MR) is 74.3 cm³/mol. The highest BCUT2D eigenvalue weighted by molar-refractivity contribution is 5.81. The third-order valence-corrected chi connectivity index (χ3v) is 3.15. The van der Waals surface area contributed by atoms with E-state index in [0.29, 0.717) is 6.54 Å². The van der Waals surface area contributed by atoms with Gasteiger partial charge in [-0.1, -0.05) is 38.1 Å². The van der Waals surface area contributed by atoms with Crippen LogP contribution in [-0.2, 0) is 6.54 Å². The van der Waals surface area contributed by atoms with Gasteiger partial charge in [0.05, 0.1) is 11.6 Å². The normalized spacial score (nSPS) is 13.1. The number of aliphatic hydroxyl groups is 1. The Balaban J connectivity index is 2.04. The van der Waals surface area contributed by atoms with Gasteiger partial charge in [-0.05, 0) is 17.5 Å². The molecule has 2 aromatic rings. The van der Waals surface area contributed by atoms with Crippen LogP contribution in [0.25, 0.3) is 10.9 Å². The number of hydrogen-bond donors (Lipinski definition) is 2. The second kappa shape index (κ2) is 5.94. The van der Waals surface area contributed by atoms with Gasteiger partial charge < -0.3 is 10.4 Å². The molecule has 2 rings (SSSR count). The van der Waals surface area contributed by atoms with Gasteiger partial charge in [-0.2, -0.15) is 0 Å². The Bertz CT molecular complexity index is 505. The average molecular weight is 244 g/mol. The second-order valence-corrected chi connectivity index (χ2v) is 4.93. The number of pyridine rings is 1. The molecule has 0 saturated carbocycles. The molecule has 1 aromatic heterocycles. The Hall–Kier alpha value is -1.45. The quantitative estimate of drug-likeness (QED) is 0.848. The Labute approximate surface area is 108 Å². The maximum atomic E-state index is 9.74. The summed E-state index contributed by atoms with van der Waals surface area (Å²) in [5.74, 6) is 0.281. The molecular weight excluding hydrogens is 224 g/mol. The van der Waals surface area contributed by atoms with E-state index >= 15 is 0 Å². The van der Waals surface area contributed by atoms with Crippen LogP contribution in [0.3, 0.4) is 0 Å². The minimum atomic E-state index is -0.298. The molecule has 0 bridgehead atoms. The molecule has 0 aliphatic heterocycles. The molecular formula is C15H20N2O. The van der Waals surface area contributed by atoms with Gasteiger partial charge in [-0.3, -0.25) is 4.98 Å². The van der Waals surface area contributed by atoms with Crippen LogP contribution in [-0.4, -0.2) is 22.7 Å². The van der Waals surface area contributed by atoms with Crippen molar-refractivity contribution in [3.8, 4) is 0 Å². The van der Waals surface area contributed by atoms with Crippen LogP contribution in [0, 0.1) is 5.92 Å². The highest BCUT2D eigenvalue weighted by Gasteiger charge is 2.08. The monoisotopic (exact) mass is 244 g/mol. The summed E-state index contributed by atoms with van der Waals surface area (Å²) in [5, 5.41) is 14.2. The Morgan fingerprint density at radius 1 is 1.22 bits per heavy atom. The highest BCUT2D eigenvalue weighted by Crippen LogP contribution is 2.15. The van der Waals surface area contributed by atoms with Crippen molar-refractivity contribution in [2.75, 3.05) is 6.54 Å². The first-order valence-electron chi connectivity index (χ1n) is 6.40. The lowest BCUT2D eigenvalue weighted by Gasteiger charge is -2.15. The molecule has 3 nitrogen and oxygen atoms in total. The van der Waals surface area contributed by atoms with E-state index in [2.05, 4.69) is 28.5 Å². The van der Waals surface area contributed by atoms with Gasteiger partial charge in [-0.25, -0.2) is 0 Å². The summed E-state index contributed by atoms with van der Waals surface area (Å²) in [6.07, 6.45) is 1.52. The zero-order valence-electron chi connectivity index (χ0n) is 10.9. The Morgan fingerprint density at radius 3 is 2.78 bits per heavy atom. The number of aromatic nitrogens is 1. The van der Waals surface area contributed by atoms with E-state index in [0.717, 1.165) is 17.4 Å². The summed E-state index contributed by atoms with van der Waals surface area (Å²) in [6.45, 7) is 5.39. The summed E-state index contributed by atoms with van der Waals surface area (Å²) in [5.41, 5.74) is 2.20. The zero-order chi connectivity index (χ0) is 13.0. The van der Waals surface area contributed by atoms with Crippen LogP contribution in [0.2, 0.25) is 0 Å². The fourth-order valence-electron chi connectivity index (χ4n) is 1.90. The molecule has 2 N–H and O–H groups in total. The predicted octanol–water partition coefficient (Wildman–Crippen LogP) is 2.34. The van der Waals surface area contributed by atoms with Crippen molar-refractivity contribution in [2.24, 2.45) is 5.92 Å². The third kappa shape index (κ3) is 3.06. The highest BCUT2D eigenvalue weighted by atomic mass is 16.3. The van der Waals surface area contributed by atoms with E-state index in [-0.39, 0.29) is 12.0 Å². The average Bonchev–Trinajstić information content (AvgIpc) is 2.38. The van der Waals surface area contributed by atoms with Crippen LogP contribution in [0.4, 0.5) is 0 Å². The first-order valence-corrected chi connectivity index (χ1v) is 6.40. The van der Waals surface area contributed by atoms with E-state index in [4.69, 9.17) is 0 Å². The second-order valence-electron chi connectivity index (χ2n) is 4.93. The van der Waals surface area contributed by atoms with E-state index in [1.54, 1.807) is 0 Å². The van der Waals surface area contributed by atoms with Crippen molar-refractivity contribution >= 4 is 10.9 Å². The van der Waals surface area contributed by atoms with Crippen molar-refractivity contribution in [1.82, 2.24) is 10.3 Å². The molecule has 0 spiro atoms. The van der Waals surface area contributed by atoms with Gasteiger partial charge in [0, 0.05) is 24.7 Å². The molecule has 0 aliphatic carbocycles. The first kappa shape index (κ1) is 13.0. The molecule has 0 saturated heterocycles. The van der Waals surface area contributed by atoms with Crippen molar-refractivity contribution in [2.45, 2.75) is 26.5 Å². The molecule has 1 heterocycles. The molecule has 1 aromatic carbocycles. The summed E-state index contributed by atoms with van der Waals surface area (Å²) >= 11 is 0. The lowest BCUT2D eigenvalue weighted by atomic mass is 10.1. The topological polar surface area (TPSA) is 45.1 Å². The smallest absolute Gasteiger partial charge is 0.0746 e. The number of benzene rings is 1. The van der Waals surface area contributed by atoms with Crippen molar-refractivity contribution in [3.63, 3.8) is 0 Å². The number of fused-ring (bicyclic) bond motifs is 1. The number of para-hydroxylation sites is 1. The number of nitrogens with zero attached hydrogens (tertiary/aromatic N) is 1. The van der Waals surface area contributed by atoms with E-state index in [1.807, 2.05) is 32.2 Å². The molecule has 1 atom stereocenters. The van der Waals surface area contributed by atoms with Gasteiger partial charge in [0.1, 0.15) is 0 Å². The van der Waals surface area contributed by atoms with Crippen LogP contribution < -0.4 is 5.32 Å². The number of aliphatic hydroxyl groups excluding tert-OH is 1. The van der Waals surface area contributed by atoms with E-state index < -0.39 is 0 Å². The summed E-state index contributed by atoms with van der Waals surface area (Å²) < 4.78 is 0. The molecule has 3 heteroatoms. The maximum absolute atomic E-state index is 9.74. The Morgan fingerprint density at radius 2 is 2.00 bits per heavy atom. The fourth-order valence-corrected chi connectivity index (χ4v) is 1.90. The minimum Gasteiger partial charge on any atom is -0.392 e. The summed E-state index contributed by atoms with van der Waals surface area (Å²) in [7, 11) is 0. The molecule has 0 aliphatic rings. The van der Waals surface area contributed by atoms with Crippen LogP contribution in [0.5, 0.6) is 0 Å². The van der Waals surface area contributed by atoms with Gasteiger partial charge in [-0.15, -0.1) is 0 Å². The largest absolute Gasteiger partial charge is 0.392 e. The number of hydrogen-bond acceptors (Lipinski definition) is 3. The van der Waals surface area contributed by atoms with Crippen LogP contribution in [0.1, 0.15) is 19.4 Å². The van der Waals surface area contributed by atoms with E-state index in [1.165, 1.54) is 5.56 Å². The van der Waals surface area contributed by atoms with Crippen LogP contribution >= 0.6 is 0 Å². The van der Waals surface area contributed by atoms with Gasteiger partial charge >= 0.3 is 0 Å². The van der Waals surface area contributed by atoms with E-state index in [9.17, 15) is 5.11 Å². The summed E-state index contributed by atoms with van der Waals surface area (Å²) in [6, 6.07) is 10.2. The van der Waals surface area contributed by atoms with Gasteiger partial charge in [0.15, 0.2) is 0 Å². The zero-order valence-corrected chi connectivity index (χ0v) is 10.9. The van der Waals surface area contributed by atoms with Crippen molar-refractivity contribution in [3.05, 3.63) is 42.1 Å². The first-order chi connectivity index (χ1) is 8.68. The molecule has 0 radical (unpaired) electrons. The fraction of sp³-hybridized carbons (Fsp3) is 0.400. The maximum Gasteiger partial charge on any atom is 0.0746 e. The number of nitrogens with one attached hydrogen (secondary N) is 1. The SMILES string of the molecule is CC(C)C(O)CNCc1cccc2cccnc12.